The molecule has 0 bridgehead atoms. The molecular weight excluding hydrogens is 246 g/mol. The second kappa shape index (κ2) is 5.04. The Hall–Kier alpha value is -2.22. The van der Waals surface area contributed by atoms with E-state index >= 15 is 0 Å². The van der Waals surface area contributed by atoms with E-state index in [9.17, 15) is 0 Å². The quantitative estimate of drug-likeness (QED) is 0.710. The molecule has 0 saturated carbocycles. The molecule has 1 aromatic heterocycles. The van der Waals surface area contributed by atoms with Crippen molar-refractivity contribution in [1.29, 1.82) is 0 Å². The van der Waals surface area contributed by atoms with E-state index in [1.165, 1.54) is 22.0 Å². The van der Waals surface area contributed by atoms with E-state index in [1.807, 2.05) is 18.3 Å². The standard InChI is InChI=1S/C18H19NO/c1-12(2)15-11-17-13(8-9-19-17)10-16(15)14-6-4-5-7-18(14)20-3/h4-12,19H,1-3H3. The van der Waals surface area contributed by atoms with Crippen molar-refractivity contribution >= 4 is 10.9 Å². The van der Waals surface area contributed by atoms with Crippen LogP contribution in [0.25, 0.3) is 22.0 Å². The summed E-state index contributed by atoms with van der Waals surface area (Å²) in [5.74, 6) is 1.38. The van der Waals surface area contributed by atoms with Crippen LogP contribution in [0.2, 0.25) is 0 Å². The molecule has 0 fully saturated rings. The molecule has 0 radical (unpaired) electrons. The smallest absolute Gasteiger partial charge is 0.126 e. The third-order valence-corrected chi connectivity index (χ3v) is 3.74. The second-order valence-corrected chi connectivity index (χ2v) is 5.36. The number of para-hydroxylation sites is 1. The van der Waals surface area contributed by atoms with Crippen molar-refractivity contribution in [1.82, 2.24) is 4.98 Å². The molecule has 1 heterocycles. The van der Waals surface area contributed by atoms with Crippen molar-refractivity contribution in [3.8, 4) is 16.9 Å². The summed E-state index contributed by atoms with van der Waals surface area (Å²) in [4.78, 5) is 3.29. The Morgan fingerprint density at radius 2 is 1.80 bits per heavy atom. The molecule has 0 unspecified atom stereocenters. The van der Waals surface area contributed by atoms with Gasteiger partial charge in [-0.3, -0.25) is 0 Å². The van der Waals surface area contributed by atoms with Gasteiger partial charge in [0.25, 0.3) is 0 Å². The van der Waals surface area contributed by atoms with E-state index in [1.54, 1.807) is 7.11 Å². The summed E-state index contributed by atoms with van der Waals surface area (Å²) < 4.78 is 5.52. The Morgan fingerprint density at radius 3 is 2.55 bits per heavy atom. The van der Waals surface area contributed by atoms with Crippen molar-refractivity contribution in [2.24, 2.45) is 0 Å². The van der Waals surface area contributed by atoms with Crippen LogP contribution in [0.15, 0.2) is 48.7 Å². The Kier molecular flexibility index (Phi) is 3.23. The molecule has 0 aliphatic carbocycles. The molecule has 102 valence electrons. The van der Waals surface area contributed by atoms with Crippen molar-refractivity contribution in [2.45, 2.75) is 19.8 Å². The molecule has 3 aromatic rings. The first-order valence-corrected chi connectivity index (χ1v) is 6.95. The summed E-state index contributed by atoms with van der Waals surface area (Å²) in [5.41, 5.74) is 4.93. The molecule has 2 aromatic carbocycles. The number of hydrogen-bond acceptors (Lipinski definition) is 1. The zero-order chi connectivity index (χ0) is 14.1. The van der Waals surface area contributed by atoms with Crippen LogP contribution >= 0.6 is 0 Å². The Balaban J connectivity index is 2.30. The maximum Gasteiger partial charge on any atom is 0.126 e. The van der Waals surface area contributed by atoms with Crippen LogP contribution in [0, 0.1) is 0 Å². The van der Waals surface area contributed by atoms with Gasteiger partial charge in [0.2, 0.25) is 0 Å². The lowest BCUT2D eigenvalue weighted by molar-refractivity contribution is 0.416. The van der Waals surface area contributed by atoms with Gasteiger partial charge in [0.05, 0.1) is 7.11 Å². The predicted octanol–water partition coefficient (Wildman–Crippen LogP) is 4.97. The molecule has 20 heavy (non-hydrogen) atoms. The minimum Gasteiger partial charge on any atom is -0.496 e. The van der Waals surface area contributed by atoms with Crippen molar-refractivity contribution in [3.05, 3.63) is 54.2 Å². The van der Waals surface area contributed by atoms with E-state index in [-0.39, 0.29) is 0 Å². The predicted molar refractivity (Wildman–Crippen MR) is 84.4 cm³/mol. The number of ether oxygens (including phenoxy) is 1. The van der Waals surface area contributed by atoms with Gasteiger partial charge in [0.15, 0.2) is 0 Å². The van der Waals surface area contributed by atoms with Gasteiger partial charge in [0.1, 0.15) is 5.75 Å². The van der Waals surface area contributed by atoms with Gasteiger partial charge in [-0.25, -0.2) is 0 Å². The van der Waals surface area contributed by atoms with Gasteiger partial charge in [-0.15, -0.1) is 0 Å². The topological polar surface area (TPSA) is 25.0 Å². The van der Waals surface area contributed by atoms with Gasteiger partial charge in [-0.05, 0) is 46.7 Å². The Morgan fingerprint density at radius 1 is 1.00 bits per heavy atom. The highest BCUT2D eigenvalue weighted by Crippen LogP contribution is 2.37. The number of aromatic amines is 1. The van der Waals surface area contributed by atoms with E-state index in [0.29, 0.717) is 5.92 Å². The summed E-state index contributed by atoms with van der Waals surface area (Å²) >= 11 is 0. The van der Waals surface area contributed by atoms with Crippen molar-refractivity contribution < 1.29 is 4.74 Å². The van der Waals surface area contributed by atoms with Crippen LogP contribution in [-0.4, -0.2) is 12.1 Å². The largest absolute Gasteiger partial charge is 0.496 e. The van der Waals surface area contributed by atoms with Crippen LogP contribution in [0.5, 0.6) is 5.75 Å². The van der Waals surface area contributed by atoms with Gasteiger partial charge >= 0.3 is 0 Å². The lowest BCUT2D eigenvalue weighted by Crippen LogP contribution is -1.95. The summed E-state index contributed by atoms with van der Waals surface area (Å²) in [6, 6.07) is 14.8. The minimum absolute atomic E-state index is 0.461. The number of H-pyrrole nitrogens is 1. The van der Waals surface area contributed by atoms with Crippen LogP contribution in [0.3, 0.4) is 0 Å². The summed E-state index contributed by atoms with van der Waals surface area (Å²) in [6.45, 7) is 4.45. The van der Waals surface area contributed by atoms with Crippen molar-refractivity contribution in [3.63, 3.8) is 0 Å². The zero-order valence-electron chi connectivity index (χ0n) is 12.1. The highest BCUT2D eigenvalue weighted by atomic mass is 16.5. The highest BCUT2D eigenvalue weighted by molar-refractivity contribution is 5.88. The van der Waals surface area contributed by atoms with Crippen molar-refractivity contribution in [2.75, 3.05) is 7.11 Å². The lowest BCUT2D eigenvalue weighted by atomic mass is 9.91. The average molecular weight is 265 g/mol. The minimum atomic E-state index is 0.461. The third kappa shape index (κ3) is 2.07. The molecule has 0 saturated heterocycles. The number of fused-ring (bicyclic) bond motifs is 1. The molecule has 2 nitrogen and oxygen atoms in total. The van der Waals surface area contributed by atoms with Crippen LogP contribution in [0.1, 0.15) is 25.3 Å². The van der Waals surface area contributed by atoms with Gasteiger partial charge < -0.3 is 9.72 Å². The van der Waals surface area contributed by atoms with Crippen LogP contribution in [0.4, 0.5) is 0 Å². The monoisotopic (exact) mass is 265 g/mol. The fourth-order valence-electron chi connectivity index (χ4n) is 2.70. The molecule has 0 aliphatic rings. The fraction of sp³-hybridized carbons (Fsp3) is 0.222. The number of nitrogens with one attached hydrogen (secondary N) is 1. The van der Waals surface area contributed by atoms with Gasteiger partial charge in [0, 0.05) is 17.3 Å². The molecule has 0 spiro atoms. The molecular formula is C18H19NO. The number of hydrogen-bond donors (Lipinski definition) is 1. The number of methoxy groups -OCH3 is 1. The first-order valence-electron chi connectivity index (χ1n) is 6.95. The average Bonchev–Trinajstić information content (AvgIpc) is 2.93. The van der Waals surface area contributed by atoms with Crippen LogP contribution < -0.4 is 4.74 Å². The van der Waals surface area contributed by atoms with Crippen LogP contribution in [-0.2, 0) is 0 Å². The maximum atomic E-state index is 5.52. The van der Waals surface area contributed by atoms with E-state index < -0.39 is 0 Å². The van der Waals surface area contributed by atoms with E-state index in [2.05, 4.69) is 49.2 Å². The van der Waals surface area contributed by atoms with E-state index in [0.717, 1.165) is 11.3 Å². The van der Waals surface area contributed by atoms with Gasteiger partial charge in [-0.2, -0.15) is 0 Å². The van der Waals surface area contributed by atoms with Gasteiger partial charge in [-0.1, -0.05) is 32.0 Å². The first-order chi connectivity index (χ1) is 9.70. The Labute approximate surface area is 119 Å². The first kappa shape index (κ1) is 12.8. The molecule has 0 aliphatic heterocycles. The number of aromatic nitrogens is 1. The molecule has 2 heteroatoms. The molecule has 0 amide bonds. The highest BCUT2D eigenvalue weighted by Gasteiger charge is 2.14. The SMILES string of the molecule is COc1ccccc1-c1cc2cc[nH]c2cc1C(C)C. The fourth-order valence-corrected chi connectivity index (χ4v) is 2.70. The lowest BCUT2D eigenvalue weighted by Gasteiger charge is -2.16. The number of rotatable bonds is 3. The summed E-state index contributed by atoms with van der Waals surface area (Å²) in [5, 5.41) is 1.23. The zero-order valence-corrected chi connectivity index (χ0v) is 12.1. The van der Waals surface area contributed by atoms with E-state index in [4.69, 9.17) is 4.74 Å². The summed E-state index contributed by atoms with van der Waals surface area (Å²) in [6.07, 6.45) is 1.99. The molecule has 3 rings (SSSR count). The molecule has 0 atom stereocenters. The normalized spacial score (nSPS) is 11.2. The summed E-state index contributed by atoms with van der Waals surface area (Å²) in [7, 11) is 1.72. The second-order valence-electron chi connectivity index (χ2n) is 5.36. The Bertz CT molecular complexity index is 740. The molecule has 1 N–H and O–H groups in total. The number of benzene rings is 2. The third-order valence-electron chi connectivity index (χ3n) is 3.74. The maximum absolute atomic E-state index is 5.52.